The van der Waals surface area contributed by atoms with E-state index in [4.69, 9.17) is 0 Å². The minimum Gasteiger partial charge on any atom is -0.268 e. The van der Waals surface area contributed by atoms with Crippen molar-refractivity contribution in [2.45, 2.75) is 26.7 Å². The molecule has 3 rings (SSSR count). The van der Waals surface area contributed by atoms with Gasteiger partial charge >= 0.3 is 0 Å². The minimum atomic E-state index is -0.240. The zero-order chi connectivity index (χ0) is 15.1. The van der Waals surface area contributed by atoms with Crippen LogP contribution in [0.4, 0.5) is 5.69 Å². The van der Waals surface area contributed by atoms with Crippen LogP contribution in [0.5, 0.6) is 0 Å². The molecule has 2 amide bonds. The van der Waals surface area contributed by atoms with Crippen molar-refractivity contribution in [3.63, 3.8) is 0 Å². The van der Waals surface area contributed by atoms with Gasteiger partial charge in [0, 0.05) is 0 Å². The van der Waals surface area contributed by atoms with Gasteiger partial charge in [-0.25, -0.2) is 4.90 Å². The Balaban J connectivity index is 2.11. The molecule has 2 aromatic rings. The van der Waals surface area contributed by atoms with Gasteiger partial charge in [0.1, 0.15) is 0 Å². The number of hydrogen-bond donors (Lipinski definition) is 0. The third kappa shape index (κ3) is 2.15. The highest BCUT2D eigenvalue weighted by atomic mass is 16.2. The van der Waals surface area contributed by atoms with Gasteiger partial charge in [0.25, 0.3) is 11.8 Å². The maximum Gasteiger partial charge on any atom is 0.266 e. The van der Waals surface area contributed by atoms with Crippen molar-refractivity contribution in [1.29, 1.82) is 0 Å². The van der Waals surface area contributed by atoms with E-state index in [-0.39, 0.29) is 11.8 Å². The Bertz CT molecular complexity index is 712. The standard InChI is InChI=1S/C18H17NO2/c1-11(2)13-8-12(3)9-14(10-13)19-17(20)15-6-4-5-7-16(15)18(19)21/h4-11H,1-3H3. The minimum absolute atomic E-state index is 0.240. The normalized spacial score (nSPS) is 14.0. The largest absolute Gasteiger partial charge is 0.268 e. The first-order valence-electron chi connectivity index (χ1n) is 7.08. The summed E-state index contributed by atoms with van der Waals surface area (Å²) in [6.07, 6.45) is 0. The molecule has 0 atom stereocenters. The fourth-order valence-corrected chi connectivity index (χ4v) is 2.68. The number of carbonyl (C=O) groups is 2. The molecule has 21 heavy (non-hydrogen) atoms. The molecule has 1 aliphatic rings. The first-order chi connectivity index (χ1) is 9.99. The Morgan fingerprint density at radius 3 is 2.00 bits per heavy atom. The fourth-order valence-electron chi connectivity index (χ4n) is 2.68. The molecule has 1 aliphatic heterocycles. The Kier molecular flexibility index (Phi) is 3.13. The second kappa shape index (κ2) is 4.85. The highest BCUT2D eigenvalue weighted by Crippen LogP contribution is 2.31. The zero-order valence-corrected chi connectivity index (χ0v) is 12.4. The van der Waals surface area contributed by atoms with Gasteiger partial charge in [-0.3, -0.25) is 9.59 Å². The molecular formula is C18H17NO2. The summed E-state index contributed by atoms with van der Waals surface area (Å²) in [5, 5.41) is 0. The maximum atomic E-state index is 12.5. The number of fused-ring (bicyclic) bond motifs is 1. The van der Waals surface area contributed by atoms with Crippen LogP contribution < -0.4 is 4.90 Å². The number of aryl methyl sites for hydroxylation is 1. The van der Waals surface area contributed by atoms with Crippen LogP contribution >= 0.6 is 0 Å². The van der Waals surface area contributed by atoms with Gasteiger partial charge in [0.2, 0.25) is 0 Å². The topological polar surface area (TPSA) is 37.4 Å². The van der Waals surface area contributed by atoms with E-state index in [1.54, 1.807) is 24.3 Å². The zero-order valence-electron chi connectivity index (χ0n) is 12.4. The molecule has 1 heterocycles. The lowest BCUT2D eigenvalue weighted by Gasteiger charge is -2.17. The maximum absolute atomic E-state index is 12.5. The van der Waals surface area contributed by atoms with E-state index in [1.807, 2.05) is 19.1 Å². The van der Waals surface area contributed by atoms with Gasteiger partial charge in [-0.1, -0.05) is 32.0 Å². The third-order valence-electron chi connectivity index (χ3n) is 3.80. The van der Waals surface area contributed by atoms with Crippen molar-refractivity contribution in [3.8, 4) is 0 Å². The number of imide groups is 1. The SMILES string of the molecule is Cc1cc(C(C)C)cc(N2C(=O)c3ccccc3C2=O)c1. The Hall–Kier alpha value is -2.42. The van der Waals surface area contributed by atoms with E-state index in [2.05, 4.69) is 19.9 Å². The second-order valence-electron chi connectivity index (χ2n) is 5.75. The summed E-state index contributed by atoms with van der Waals surface area (Å²) in [5.74, 6) is -0.134. The van der Waals surface area contributed by atoms with E-state index < -0.39 is 0 Å². The van der Waals surface area contributed by atoms with Crippen LogP contribution in [-0.2, 0) is 0 Å². The number of benzene rings is 2. The summed E-state index contributed by atoms with van der Waals surface area (Å²) in [7, 11) is 0. The number of rotatable bonds is 2. The third-order valence-corrected chi connectivity index (χ3v) is 3.80. The molecule has 0 bridgehead atoms. The van der Waals surface area contributed by atoms with Crippen molar-refractivity contribution < 1.29 is 9.59 Å². The van der Waals surface area contributed by atoms with Crippen LogP contribution in [-0.4, -0.2) is 11.8 Å². The van der Waals surface area contributed by atoms with Crippen molar-refractivity contribution in [3.05, 3.63) is 64.7 Å². The molecule has 3 heteroatoms. The molecular weight excluding hydrogens is 262 g/mol. The number of amides is 2. The van der Waals surface area contributed by atoms with E-state index in [0.29, 0.717) is 22.7 Å². The van der Waals surface area contributed by atoms with Crippen LogP contribution in [0.25, 0.3) is 0 Å². The van der Waals surface area contributed by atoms with Gasteiger partial charge in [0.15, 0.2) is 0 Å². The van der Waals surface area contributed by atoms with E-state index >= 15 is 0 Å². The molecule has 0 saturated carbocycles. The van der Waals surface area contributed by atoms with Crippen LogP contribution in [0.3, 0.4) is 0 Å². The summed E-state index contributed by atoms with van der Waals surface area (Å²) in [6, 6.07) is 12.9. The summed E-state index contributed by atoms with van der Waals surface area (Å²) in [6.45, 7) is 6.18. The smallest absolute Gasteiger partial charge is 0.266 e. The molecule has 0 fully saturated rings. The quantitative estimate of drug-likeness (QED) is 0.781. The highest BCUT2D eigenvalue weighted by Gasteiger charge is 2.36. The molecule has 0 aromatic heterocycles. The van der Waals surface area contributed by atoms with Crippen LogP contribution in [0.2, 0.25) is 0 Å². The van der Waals surface area contributed by atoms with E-state index in [0.717, 1.165) is 11.1 Å². The lowest BCUT2D eigenvalue weighted by Crippen LogP contribution is -2.29. The molecule has 0 spiro atoms. The van der Waals surface area contributed by atoms with Gasteiger partial charge < -0.3 is 0 Å². The van der Waals surface area contributed by atoms with E-state index in [9.17, 15) is 9.59 Å². The summed E-state index contributed by atoms with van der Waals surface area (Å²) < 4.78 is 0. The second-order valence-corrected chi connectivity index (χ2v) is 5.75. The predicted octanol–water partition coefficient (Wildman–Crippen LogP) is 3.92. The monoisotopic (exact) mass is 279 g/mol. The molecule has 0 unspecified atom stereocenters. The van der Waals surface area contributed by atoms with Crippen molar-refractivity contribution in [2.75, 3.05) is 4.90 Å². The lowest BCUT2D eigenvalue weighted by molar-refractivity contribution is 0.0926. The van der Waals surface area contributed by atoms with Crippen molar-refractivity contribution in [2.24, 2.45) is 0 Å². The van der Waals surface area contributed by atoms with Gasteiger partial charge in [-0.15, -0.1) is 0 Å². The molecule has 0 aliphatic carbocycles. The van der Waals surface area contributed by atoms with E-state index in [1.165, 1.54) is 4.90 Å². The average Bonchev–Trinajstić information content (AvgIpc) is 2.71. The molecule has 106 valence electrons. The van der Waals surface area contributed by atoms with Crippen molar-refractivity contribution >= 4 is 17.5 Å². The molecule has 0 radical (unpaired) electrons. The Morgan fingerprint density at radius 2 is 1.48 bits per heavy atom. The highest BCUT2D eigenvalue weighted by molar-refractivity contribution is 6.34. The predicted molar refractivity (Wildman–Crippen MR) is 82.9 cm³/mol. The van der Waals surface area contributed by atoms with Crippen LogP contribution in [0, 0.1) is 6.92 Å². The fraction of sp³-hybridized carbons (Fsp3) is 0.222. The molecule has 0 N–H and O–H groups in total. The number of hydrogen-bond acceptors (Lipinski definition) is 2. The van der Waals surface area contributed by atoms with Gasteiger partial charge in [-0.2, -0.15) is 0 Å². The van der Waals surface area contributed by atoms with Gasteiger partial charge in [0.05, 0.1) is 16.8 Å². The molecule has 0 saturated heterocycles. The molecule has 2 aromatic carbocycles. The number of anilines is 1. The summed E-state index contributed by atoms with van der Waals surface area (Å²) in [4.78, 5) is 26.3. The number of carbonyl (C=O) groups excluding carboxylic acids is 2. The summed E-state index contributed by atoms with van der Waals surface area (Å²) in [5.41, 5.74) is 3.80. The van der Waals surface area contributed by atoms with Gasteiger partial charge in [-0.05, 0) is 48.2 Å². The Labute approximate surface area is 124 Å². The average molecular weight is 279 g/mol. The van der Waals surface area contributed by atoms with Crippen LogP contribution in [0.1, 0.15) is 51.6 Å². The Morgan fingerprint density at radius 1 is 0.905 bits per heavy atom. The first-order valence-corrected chi connectivity index (χ1v) is 7.08. The number of nitrogens with zero attached hydrogens (tertiary/aromatic N) is 1. The lowest BCUT2D eigenvalue weighted by atomic mass is 10.00. The van der Waals surface area contributed by atoms with Crippen LogP contribution in [0.15, 0.2) is 42.5 Å². The first kappa shape index (κ1) is 13.6. The van der Waals surface area contributed by atoms with Crippen molar-refractivity contribution in [1.82, 2.24) is 0 Å². The molecule has 3 nitrogen and oxygen atoms in total. The summed E-state index contributed by atoms with van der Waals surface area (Å²) >= 11 is 0.